The smallest absolute Gasteiger partial charge is 0.234 e. The van der Waals surface area contributed by atoms with Crippen LogP contribution in [-0.4, -0.2) is 34.5 Å². The van der Waals surface area contributed by atoms with Gasteiger partial charge >= 0.3 is 0 Å². The van der Waals surface area contributed by atoms with Crippen molar-refractivity contribution in [2.45, 2.75) is 32.5 Å². The molecule has 1 aliphatic rings. The second-order valence-corrected chi connectivity index (χ2v) is 6.27. The van der Waals surface area contributed by atoms with Crippen LogP contribution >= 0.6 is 0 Å². The number of fused-ring (bicyclic) bond motifs is 1. The van der Waals surface area contributed by atoms with E-state index in [0.717, 1.165) is 24.3 Å². The minimum Gasteiger partial charge on any atom is -0.353 e. The number of carbonyl (C=O) groups is 1. The Kier molecular flexibility index (Phi) is 4.48. The van der Waals surface area contributed by atoms with Crippen LogP contribution in [0.1, 0.15) is 31.1 Å². The van der Waals surface area contributed by atoms with Gasteiger partial charge in [-0.15, -0.1) is 0 Å². The van der Waals surface area contributed by atoms with Crippen molar-refractivity contribution in [3.05, 3.63) is 59.7 Å². The standard InChI is InChI=1S/C18H22FN3O/c1-13(2)20-17(23)12-22-11-10-21-9-3-4-16(21)18(22)14-5-7-15(19)8-6-14/h3-9,13,18H,10-12H2,1-2H3,(H,20,23). The predicted molar refractivity (Wildman–Crippen MR) is 87.5 cm³/mol. The predicted octanol–water partition coefficient (Wildman–Crippen LogP) is 2.56. The molecule has 1 aromatic carbocycles. The molecule has 0 saturated carbocycles. The number of nitrogens with zero attached hydrogens (tertiary/aromatic N) is 2. The van der Waals surface area contributed by atoms with E-state index < -0.39 is 0 Å². The summed E-state index contributed by atoms with van der Waals surface area (Å²) in [5.41, 5.74) is 2.14. The lowest BCUT2D eigenvalue weighted by Gasteiger charge is -2.37. The fourth-order valence-electron chi connectivity index (χ4n) is 3.18. The molecular formula is C18H22FN3O. The molecule has 122 valence electrons. The molecular weight excluding hydrogens is 293 g/mol. The van der Waals surface area contributed by atoms with Crippen LogP contribution in [0, 0.1) is 5.82 Å². The Bertz CT molecular complexity index is 678. The van der Waals surface area contributed by atoms with E-state index in [1.807, 2.05) is 19.9 Å². The first-order valence-corrected chi connectivity index (χ1v) is 7.98. The van der Waals surface area contributed by atoms with E-state index in [4.69, 9.17) is 0 Å². The molecule has 1 aliphatic heterocycles. The van der Waals surface area contributed by atoms with Crippen LogP contribution < -0.4 is 5.32 Å². The lowest BCUT2D eigenvalue weighted by Crippen LogP contribution is -2.45. The van der Waals surface area contributed by atoms with E-state index in [0.29, 0.717) is 6.54 Å². The zero-order valence-electron chi connectivity index (χ0n) is 13.5. The normalized spacial score (nSPS) is 18.0. The third-order valence-corrected chi connectivity index (χ3v) is 4.12. The summed E-state index contributed by atoms with van der Waals surface area (Å²) in [5.74, 6) is -0.226. The Labute approximate surface area is 135 Å². The Morgan fingerprint density at radius 3 is 2.70 bits per heavy atom. The van der Waals surface area contributed by atoms with Gasteiger partial charge in [0.1, 0.15) is 5.82 Å². The second-order valence-electron chi connectivity index (χ2n) is 6.27. The molecule has 3 rings (SSSR count). The summed E-state index contributed by atoms with van der Waals surface area (Å²) in [6, 6.07) is 10.7. The first-order valence-electron chi connectivity index (χ1n) is 7.98. The highest BCUT2D eigenvalue weighted by molar-refractivity contribution is 5.78. The number of halogens is 1. The number of benzene rings is 1. The highest BCUT2D eigenvalue weighted by Gasteiger charge is 2.30. The number of aromatic nitrogens is 1. The van der Waals surface area contributed by atoms with Gasteiger partial charge in [0.2, 0.25) is 5.91 Å². The van der Waals surface area contributed by atoms with Gasteiger partial charge < -0.3 is 9.88 Å². The molecule has 1 N–H and O–H groups in total. The molecule has 0 radical (unpaired) electrons. The summed E-state index contributed by atoms with van der Waals surface area (Å²) >= 11 is 0. The Balaban J connectivity index is 1.89. The lowest BCUT2D eigenvalue weighted by atomic mass is 10.00. The number of hydrogen-bond acceptors (Lipinski definition) is 2. The Morgan fingerprint density at radius 2 is 2.00 bits per heavy atom. The average molecular weight is 315 g/mol. The molecule has 0 spiro atoms. The van der Waals surface area contributed by atoms with Gasteiger partial charge in [-0.3, -0.25) is 9.69 Å². The largest absolute Gasteiger partial charge is 0.353 e. The van der Waals surface area contributed by atoms with Crippen molar-refractivity contribution in [3.8, 4) is 0 Å². The molecule has 23 heavy (non-hydrogen) atoms. The van der Waals surface area contributed by atoms with Gasteiger partial charge in [-0.2, -0.15) is 0 Å². The first-order chi connectivity index (χ1) is 11.0. The molecule has 1 unspecified atom stereocenters. The molecule has 2 heterocycles. The van der Waals surface area contributed by atoms with Crippen molar-refractivity contribution in [3.63, 3.8) is 0 Å². The van der Waals surface area contributed by atoms with Crippen LogP contribution in [0.15, 0.2) is 42.6 Å². The maximum absolute atomic E-state index is 13.3. The number of nitrogens with one attached hydrogen (secondary N) is 1. The molecule has 1 aromatic heterocycles. The Morgan fingerprint density at radius 1 is 1.26 bits per heavy atom. The van der Waals surface area contributed by atoms with Gasteiger partial charge in [-0.1, -0.05) is 12.1 Å². The fourth-order valence-corrected chi connectivity index (χ4v) is 3.18. The summed E-state index contributed by atoms with van der Waals surface area (Å²) in [4.78, 5) is 14.3. The van der Waals surface area contributed by atoms with Crippen LogP contribution in [0.2, 0.25) is 0 Å². The van der Waals surface area contributed by atoms with Gasteiger partial charge in [-0.25, -0.2) is 4.39 Å². The third-order valence-electron chi connectivity index (χ3n) is 4.12. The van der Waals surface area contributed by atoms with Crippen molar-refractivity contribution in [1.29, 1.82) is 0 Å². The van der Waals surface area contributed by atoms with Gasteiger partial charge in [0.25, 0.3) is 0 Å². The molecule has 0 bridgehead atoms. The van der Waals surface area contributed by atoms with Crippen molar-refractivity contribution in [2.75, 3.05) is 13.1 Å². The molecule has 0 fully saturated rings. The van der Waals surface area contributed by atoms with Crippen molar-refractivity contribution < 1.29 is 9.18 Å². The lowest BCUT2D eigenvalue weighted by molar-refractivity contribution is -0.123. The number of amides is 1. The second kappa shape index (κ2) is 6.54. The van der Waals surface area contributed by atoms with Crippen molar-refractivity contribution in [2.24, 2.45) is 0 Å². The van der Waals surface area contributed by atoms with E-state index in [9.17, 15) is 9.18 Å². The van der Waals surface area contributed by atoms with Gasteiger partial charge in [-0.05, 0) is 43.7 Å². The van der Waals surface area contributed by atoms with Crippen LogP contribution in [0.4, 0.5) is 4.39 Å². The summed E-state index contributed by atoms with van der Waals surface area (Å²) in [5, 5.41) is 2.94. The van der Waals surface area contributed by atoms with Crippen LogP contribution in [0.3, 0.4) is 0 Å². The fraction of sp³-hybridized carbons (Fsp3) is 0.389. The third kappa shape index (κ3) is 3.45. The monoisotopic (exact) mass is 315 g/mol. The van der Waals surface area contributed by atoms with E-state index in [1.54, 1.807) is 12.1 Å². The molecule has 0 aliphatic carbocycles. The van der Waals surface area contributed by atoms with Crippen LogP contribution in [0.25, 0.3) is 0 Å². The van der Waals surface area contributed by atoms with E-state index in [1.165, 1.54) is 12.1 Å². The van der Waals surface area contributed by atoms with Crippen molar-refractivity contribution in [1.82, 2.24) is 14.8 Å². The summed E-state index contributed by atoms with van der Waals surface area (Å²) in [6.45, 7) is 5.89. The zero-order chi connectivity index (χ0) is 16.4. The Hall–Kier alpha value is -2.14. The van der Waals surface area contributed by atoms with Gasteiger partial charge in [0.15, 0.2) is 0 Å². The van der Waals surface area contributed by atoms with Crippen molar-refractivity contribution >= 4 is 5.91 Å². The van der Waals surface area contributed by atoms with Gasteiger partial charge in [0, 0.05) is 31.0 Å². The number of carbonyl (C=O) groups excluding carboxylic acids is 1. The highest BCUT2D eigenvalue weighted by atomic mass is 19.1. The quantitative estimate of drug-likeness (QED) is 0.941. The molecule has 4 nitrogen and oxygen atoms in total. The van der Waals surface area contributed by atoms with E-state index in [-0.39, 0.29) is 23.8 Å². The summed E-state index contributed by atoms with van der Waals surface area (Å²) in [6.07, 6.45) is 2.05. The molecule has 5 heteroatoms. The van der Waals surface area contributed by atoms with Gasteiger partial charge in [0.05, 0.1) is 12.6 Å². The van der Waals surface area contributed by atoms with E-state index in [2.05, 4.69) is 27.0 Å². The molecule has 0 saturated heterocycles. The van der Waals surface area contributed by atoms with Crippen LogP contribution in [-0.2, 0) is 11.3 Å². The van der Waals surface area contributed by atoms with Crippen LogP contribution in [0.5, 0.6) is 0 Å². The highest BCUT2D eigenvalue weighted by Crippen LogP contribution is 2.32. The zero-order valence-corrected chi connectivity index (χ0v) is 13.5. The molecule has 2 aromatic rings. The topological polar surface area (TPSA) is 37.3 Å². The minimum atomic E-state index is -0.246. The maximum atomic E-state index is 13.3. The summed E-state index contributed by atoms with van der Waals surface area (Å²) < 4.78 is 15.5. The molecule has 1 amide bonds. The maximum Gasteiger partial charge on any atom is 0.234 e. The number of hydrogen-bond donors (Lipinski definition) is 1. The average Bonchev–Trinajstić information content (AvgIpc) is 2.96. The van der Waals surface area contributed by atoms with E-state index >= 15 is 0 Å². The summed E-state index contributed by atoms with van der Waals surface area (Å²) in [7, 11) is 0. The number of rotatable bonds is 4. The minimum absolute atomic E-state index is 0.0205. The SMILES string of the molecule is CC(C)NC(=O)CN1CCn2cccc2C1c1ccc(F)cc1. The first kappa shape index (κ1) is 15.7. The molecule has 1 atom stereocenters.